The van der Waals surface area contributed by atoms with Crippen LogP contribution in [0.1, 0.15) is 18.4 Å². The predicted octanol–water partition coefficient (Wildman–Crippen LogP) is 2.45. The van der Waals surface area contributed by atoms with Crippen LogP contribution in [0.3, 0.4) is 0 Å². The van der Waals surface area contributed by atoms with E-state index in [0.29, 0.717) is 5.92 Å². The molecule has 1 atom stereocenters. The third-order valence-electron chi connectivity index (χ3n) is 2.49. The van der Waals surface area contributed by atoms with Crippen molar-refractivity contribution in [2.45, 2.75) is 12.8 Å². The van der Waals surface area contributed by atoms with Gasteiger partial charge in [0, 0.05) is 6.54 Å². The van der Waals surface area contributed by atoms with Crippen molar-refractivity contribution in [1.29, 1.82) is 0 Å². The van der Waals surface area contributed by atoms with E-state index in [1.54, 1.807) is 14.2 Å². The number of nitrogens with one attached hydrogen (secondary N) is 1. The molecule has 0 saturated carbocycles. The third-order valence-corrected chi connectivity index (χ3v) is 2.49. The van der Waals surface area contributed by atoms with Gasteiger partial charge in [-0.05, 0) is 30.7 Å². The summed E-state index contributed by atoms with van der Waals surface area (Å²) < 4.78 is 10.5. The lowest BCUT2D eigenvalue weighted by Gasteiger charge is -2.14. The number of halogens is 1. The summed E-state index contributed by atoms with van der Waals surface area (Å²) in [4.78, 5) is 0. The first kappa shape index (κ1) is 15.1. The Hall–Kier alpha value is -0.930. The number of benzene rings is 1. The summed E-state index contributed by atoms with van der Waals surface area (Å²) in [6.45, 7) is 3.13. The second-order valence-electron chi connectivity index (χ2n) is 3.57. The van der Waals surface area contributed by atoms with E-state index >= 15 is 0 Å². The molecule has 0 aromatic heterocycles. The van der Waals surface area contributed by atoms with E-state index in [1.807, 2.05) is 19.2 Å². The molecule has 0 radical (unpaired) electrons. The van der Waals surface area contributed by atoms with Gasteiger partial charge in [-0.25, -0.2) is 0 Å². The molecule has 3 nitrogen and oxygen atoms in total. The maximum absolute atomic E-state index is 5.26. The van der Waals surface area contributed by atoms with Gasteiger partial charge in [0.1, 0.15) is 0 Å². The molecule has 0 fully saturated rings. The maximum Gasteiger partial charge on any atom is 0.160 e. The van der Waals surface area contributed by atoms with E-state index in [-0.39, 0.29) is 12.4 Å². The first-order chi connectivity index (χ1) is 7.22. The molecule has 0 aliphatic carbocycles. The highest BCUT2D eigenvalue weighted by Crippen LogP contribution is 2.30. The Bertz CT molecular complexity index is 318. The molecule has 0 spiro atoms. The standard InChI is InChI=1S/C12H19NO2.ClH/c1-9(8-13-2)10-5-6-11(14-3)12(7-10)15-4;/h5-7,9,13H,8H2,1-4H3;1H. The summed E-state index contributed by atoms with van der Waals surface area (Å²) in [6.07, 6.45) is 0. The van der Waals surface area contributed by atoms with Gasteiger partial charge < -0.3 is 14.8 Å². The summed E-state index contributed by atoms with van der Waals surface area (Å²) in [5.41, 5.74) is 1.25. The van der Waals surface area contributed by atoms with Crippen molar-refractivity contribution in [3.05, 3.63) is 23.8 Å². The van der Waals surface area contributed by atoms with Crippen LogP contribution in [-0.4, -0.2) is 27.8 Å². The summed E-state index contributed by atoms with van der Waals surface area (Å²) in [7, 11) is 5.26. The molecule has 1 unspecified atom stereocenters. The second kappa shape index (κ2) is 7.36. The van der Waals surface area contributed by atoms with Crippen molar-refractivity contribution in [1.82, 2.24) is 5.32 Å². The average molecular weight is 246 g/mol. The van der Waals surface area contributed by atoms with Crippen LogP contribution < -0.4 is 14.8 Å². The van der Waals surface area contributed by atoms with Crippen LogP contribution >= 0.6 is 12.4 Å². The van der Waals surface area contributed by atoms with E-state index in [4.69, 9.17) is 9.47 Å². The van der Waals surface area contributed by atoms with Crippen LogP contribution in [0, 0.1) is 0 Å². The molecular weight excluding hydrogens is 226 g/mol. The molecule has 0 saturated heterocycles. The lowest BCUT2D eigenvalue weighted by atomic mass is 10.0. The molecule has 1 aromatic rings. The minimum Gasteiger partial charge on any atom is -0.493 e. The SMILES string of the molecule is CNCC(C)c1ccc(OC)c(OC)c1.Cl. The van der Waals surface area contributed by atoms with Crippen molar-refractivity contribution in [3.63, 3.8) is 0 Å². The summed E-state index contributed by atoms with van der Waals surface area (Å²) in [5, 5.41) is 3.16. The molecule has 1 N–H and O–H groups in total. The van der Waals surface area contributed by atoms with E-state index in [2.05, 4.69) is 18.3 Å². The minimum absolute atomic E-state index is 0. The van der Waals surface area contributed by atoms with Crippen molar-refractivity contribution in [2.24, 2.45) is 0 Å². The Kier molecular flexibility index (Phi) is 6.93. The summed E-state index contributed by atoms with van der Waals surface area (Å²) in [5.74, 6) is 2.03. The number of methoxy groups -OCH3 is 2. The van der Waals surface area contributed by atoms with Gasteiger partial charge in [-0.2, -0.15) is 0 Å². The summed E-state index contributed by atoms with van der Waals surface area (Å²) >= 11 is 0. The number of ether oxygens (including phenoxy) is 2. The second-order valence-corrected chi connectivity index (χ2v) is 3.57. The first-order valence-corrected chi connectivity index (χ1v) is 5.09. The van der Waals surface area contributed by atoms with Crippen LogP contribution in [0.5, 0.6) is 11.5 Å². The van der Waals surface area contributed by atoms with Crippen molar-refractivity contribution >= 4 is 12.4 Å². The highest BCUT2D eigenvalue weighted by atomic mass is 35.5. The fourth-order valence-electron chi connectivity index (χ4n) is 1.58. The van der Waals surface area contributed by atoms with Crippen molar-refractivity contribution in [3.8, 4) is 11.5 Å². The lowest BCUT2D eigenvalue weighted by molar-refractivity contribution is 0.354. The highest BCUT2D eigenvalue weighted by Gasteiger charge is 2.09. The molecule has 0 aliphatic heterocycles. The van der Waals surface area contributed by atoms with Gasteiger partial charge >= 0.3 is 0 Å². The van der Waals surface area contributed by atoms with E-state index in [9.17, 15) is 0 Å². The van der Waals surface area contributed by atoms with Gasteiger partial charge in [0.2, 0.25) is 0 Å². The highest BCUT2D eigenvalue weighted by molar-refractivity contribution is 5.85. The molecule has 92 valence electrons. The van der Waals surface area contributed by atoms with E-state index < -0.39 is 0 Å². The van der Waals surface area contributed by atoms with Gasteiger partial charge in [-0.3, -0.25) is 0 Å². The van der Waals surface area contributed by atoms with Gasteiger partial charge in [-0.15, -0.1) is 12.4 Å². The number of rotatable bonds is 5. The molecule has 0 heterocycles. The van der Waals surface area contributed by atoms with Gasteiger partial charge in [0.15, 0.2) is 11.5 Å². The monoisotopic (exact) mass is 245 g/mol. The maximum atomic E-state index is 5.26. The minimum atomic E-state index is 0. The molecule has 0 bridgehead atoms. The van der Waals surface area contributed by atoms with Crippen LogP contribution in [-0.2, 0) is 0 Å². The zero-order valence-electron chi connectivity index (χ0n) is 10.2. The topological polar surface area (TPSA) is 30.5 Å². The first-order valence-electron chi connectivity index (χ1n) is 5.09. The Labute approximate surface area is 104 Å². The predicted molar refractivity (Wildman–Crippen MR) is 69.1 cm³/mol. The summed E-state index contributed by atoms with van der Waals surface area (Å²) in [6, 6.07) is 6.05. The zero-order chi connectivity index (χ0) is 11.3. The smallest absolute Gasteiger partial charge is 0.160 e. The van der Waals surface area contributed by atoms with Gasteiger partial charge in [-0.1, -0.05) is 13.0 Å². The fraction of sp³-hybridized carbons (Fsp3) is 0.500. The largest absolute Gasteiger partial charge is 0.493 e. The molecule has 1 rings (SSSR count). The van der Waals surface area contributed by atoms with Crippen molar-refractivity contribution < 1.29 is 9.47 Å². The van der Waals surface area contributed by atoms with E-state index in [0.717, 1.165) is 18.0 Å². The molecular formula is C12H20ClNO2. The molecule has 0 aliphatic rings. The normalized spacial score (nSPS) is 11.5. The van der Waals surface area contributed by atoms with Gasteiger partial charge in [0.05, 0.1) is 14.2 Å². The molecule has 16 heavy (non-hydrogen) atoms. The Morgan fingerprint density at radius 3 is 2.31 bits per heavy atom. The quantitative estimate of drug-likeness (QED) is 0.865. The number of hydrogen-bond donors (Lipinski definition) is 1. The van der Waals surface area contributed by atoms with E-state index in [1.165, 1.54) is 5.56 Å². The Balaban J connectivity index is 0.00000225. The number of likely N-dealkylation sites (N-methyl/N-ethyl adjacent to an activating group) is 1. The van der Waals surface area contributed by atoms with Crippen molar-refractivity contribution in [2.75, 3.05) is 27.8 Å². The Morgan fingerprint density at radius 2 is 1.81 bits per heavy atom. The lowest BCUT2D eigenvalue weighted by Crippen LogP contribution is -2.14. The fourth-order valence-corrected chi connectivity index (χ4v) is 1.58. The number of hydrogen-bond acceptors (Lipinski definition) is 3. The molecule has 0 amide bonds. The molecule has 4 heteroatoms. The third kappa shape index (κ3) is 3.58. The van der Waals surface area contributed by atoms with Gasteiger partial charge in [0.25, 0.3) is 0 Å². The van der Waals surface area contributed by atoms with Crippen LogP contribution in [0.4, 0.5) is 0 Å². The molecule has 1 aromatic carbocycles. The average Bonchev–Trinajstić information content (AvgIpc) is 2.28. The van der Waals surface area contributed by atoms with Crippen LogP contribution in [0.15, 0.2) is 18.2 Å². The van der Waals surface area contributed by atoms with Crippen LogP contribution in [0.25, 0.3) is 0 Å². The zero-order valence-corrected chi connectivity index (χ0v) is 11.1. The van der Waals surface area contributed by atoms with Crippen LogP contribution in [0.2, 0.25) is 0 Å². The Morgan fingerprint density at radius 1 is 1.19 bits per heavy atom.